The molecule has 3 nitrogen and oxygen atoms in total. The number of fused-ring (bicyclic) bond motifs is 1. The molecule has 22 heavy (non-hydrogen) atoms. The fourth-order valence-electron chi connectivity index (χ4n) is 2.34. The molecule has 0 fully saturated rings. The molecule has 0 spiro atoms. The zero-order chi connectivity index (χ0) is 15.4. The Morgan fingerprint density at radius 3 is 2.86 bits per heavy atom. The lowest BCUT2D eigenvalue weighted by Crippen LogP contribution is -2.09. The third kappa shape index (κ3) is 3.07. The molecule has 1 N–H and O–H groups in total. The number of hydrogen-bond acceptors (Lipinski definition) is 3. The highest BCUT2D eigenvalue weighted by molar-refractivity contribution is 7.11. The number of para-hydroxylation sites is 1. The predicted octanol–water partition coefficient (Wildman–Crippen LogP) is 4.73. The molecule has 3 aromatic rings. The number of pyridine rings is 1. The van der Waals surface area contributed by atoms with E-state index in [-0.39, 0.29) is 5.91 Å². The molecule has 0 saturated heterocycles. The lowest BCUT2D eigenvalue weighted by molar-refractivity contribution is -0.111. The van der Waals surface area contributed by atoms with E-state index in [1.807, 2.05) is 47.8 Å². The Morgan fingerprint density at radius 1 is 1.23 bits per heavy atom. The summed E-state index contributed by atoms with van der Waals surface area (Å²) >= 11 is 1.65. The van der Waals surface area contributed by atoms with Gasteiger partial charge in [0.05, 0.1) is 11.2 Å². The largest absolute Gasteiger partial charge is 0.321 e. The van der Waals surface area contributed by atoms with Gasteiger partial charge < -0.3 is 5.32 Å². The van der Waals surface area contributed by atoms with Crippen LogP contribution < -0.4 is 5.32 Å². The molecular formula is C18H16N2OS. The molecule has 1 aromatic carbocycles. The van der Waals surface area contributed by atoms with Gasteiger partial charge in [0.2, 0.25) is 5.91 Å². The Hall–Kier alpha value is -2.46. The number of nitrogens with one attached hydrogen (secondary N) is 1. The van der Waals surface area contributed by atoms with Crippen molar-refractivity contribution < 1.29 is 4.79 Å². The molecule has 0 aliphatic heterocycles. The number of amides is 1. The van der Waals surface area contributed by atoms with E-state index in [0.717, 1.165) is 33.5 Å². The monoisotopic (exact) mass is 308 g/mol. The smallest absolute Gasteiger partial charge is 0.248 e. The topological polar surface area (TPSA) is 42.0 Å². The number of thiophene rings is 1. The fraction of sp³-hybridized carbons (Fsp3) is 0.111. The van der Waals surface area contributed by atoms with Crippen LogP contribution in [0, 0.1) is 0 Å². The second-order valence-electron chi connectivity index (χ2n) is 4.87. The van der Waals surface area contributed by atoms with Crippen molar-refractivity contribution in [3.8, 4) is 0 Å². The fourth-order valence-corrected chi connectivity index (χ4v) is 3.16. The lowest BCUT2D eigenvalue weighted by Gasteiger charge is -2.07. The van der Waals surface area contributed by atoms with E-state index in [2.05, 4.69) is 17.2 Å². The second-order valence-corrected chi connectivity index (χ2v) is 5.82. The molecule has 3 rings (SSSR count). The number of allylic oxidation sites excluding steroid dienone is 1. The minimum absolute atomic E-state index is 0.122. The van der Waals surface area contributed by atoms with Crippen LogP contribution in [0.3, 0.4) is 0 Å². The van der Waals surface area contributed by atoms with Crippen molar-refractivity contribution in [2.75, 3.05) is 5.32 Å². The number of hydrogen-bond donors (Lipinski definition) is 1. The summed E-state index contributed by atoms with van der Waals surface area (Å²) < 4.78 is 0. The summed E-state index contributed by atoms with van der Waals surface area (Å²) in [5, 5.41) is 5.97. The van der Waals surface area contributed by atoms with E-state index in [9.17, 15) is 4.79 Å². The van der Waals surface area contributed by atoms with Gasteiger partial charge in [-0.05, 0) is 35.6 Å². The molecule has 0 atom stereocenters. The van der Waals surface area contributed by atoms with E-state index >= 15 is 0 Å². The van der Waals surface area contributed by atoms with Crippen molar-refractivity contribution in [3.05, 3.63) is 65.0 Å². The summed E-state index contributed by atoms with van der Waals surface area (Å²) in [5.74, 6) is -0.122. The molecule has 0 saturated carbocycles. The van der Waals surface area contributed by atoms with Crippen molar-refractivity contribution in [1.82, 2.24) is 4.98 Å². The van der Waals surface area contributed by atoms with Gasteiger partial charge in [0.1, 0.15) is 0 Å². The van der Waals surface area contributed by atoms with Gasteiger partial charge in [-0.2, -0.15) is 0 Å². The van der Waals surface area contributed by atoms with E-state index in [4.69, 9.17) is 0 Å². The van der Waals surface area contributed by atoms with Crippen LogP contribution >= 0.6 is 11.3 Å². The predicted molar refractivity (Wildman–Crippen MR) is 93.0 cm³/mol. The molecule has 1 amide bonds. The first kappa shape index (κ1) is 14.5. The molecule has 0 aliphatic rings. The SMILES string of the molecule is CC/C(=C/C(=O)Nc1cccc2cccnc12)c1cccs1. The minimum Gasteiger partial charge on any atom is -0.321 e. The van der Waals surface area contributed by atoms with E-state index in [0.29, 0.717) is 0 Å². The maximum Gasteiger partial charge on any atom is 0.248 e. The third-order valence-corrected chi connectivity index (χ3v) is 4.36. The van der Waals surface area contributed by atoms with E-state index in [1.54, 1.807) is 23.6 Å². The average Bonchev–Trinajstić information content (AvgIpc) is 3.07. The Labute approximate surface area is 133 Å². The second kappa shape index (κ2) is 6.54. The van der Waals surface area contributed by atoms with E-state index in [1.165, 1.54) is 0 Å². The van der Waals surface area contributed by atoms with Crippen molar-refractivity contribution in [1.29, 1.82) is 0 Å². The normalized spacial score (nSPS) is 11.6. The van der Waals surface area contributed by atoms with Crippen LogP contribution in [0.25, 0.3) is 16.5 Å². The summed E-state index contributed by atoms with van der Waals surface area (Å²) in [6.45, 7) is 2.05. The van der Waals surface area contributed by atoms with Crippen molar-refractivity contribution in [3.63, 3.8) is 0 Å². The molecule has 4 heteroatoms. The van der Waals surface area contributed by atoms with Gasteiger partial charge in [-0.15, -0.1) is 11.3 Å². The zero-order valence-electron chi connectivity index (χ0n) is 12.2. The minimum atomic E-state index is -0.122. The van der Waals surface area contributed by atoms with Gasteiger partial charge in [-0.1, -0.05) is 31.2 Å². The van der Waals surface area contributed by atoms with Gasteiger partial charge in [-0.25, -0.2) is 0 Å². The number of benzene rings is 1. The van der Waals surface area contributed by atoms with Gasteiger partial charge in [0.15, 0.2) is 0 Å². The molecule has 0 unspecified atom stereocenters. The van der Waals surface area contributed by atoms with Crippen molar-refractivity contribution in [2.45, 2.75) is 13.3 Å². The quantitative estimate of drug-likeness (QED) is 0.708. The van der Waals surface area contributed by atoms with Crippen LogP contribution in [0.1, 0.15) is 18.2 Å². The molecule has 0 aliphatic carbocycles. The van der Waals surface area contributed by atoms with Crippen LogP contribution in [0.2, 0.25) is 0 Å². The van der Waals surface area contributed by atoms with Crippen molar-refractivity contribution >= 4 is 39.4 Å². The number of carbonyl (C=O) groups excluding carboxylic acids is 1. The number of nitrogens with zero attached hydrogens (tertiary/aromatic N) is 1. The first-order chi connectivity index (χ1) is 10.8. The number of rotatable bonds is 4. The molecular weight excluding hydrogens is 292 g/mol. The van der Waals surface area contributed by atoms with Gasteiger partial charge in [0, 0.05) is 22.5 Å². The highest BCUT2D eigenvalue weighted by Gasteiger charge is 2.07. The van der Waals surface area contributed by atoms with E-state index < -0.39 is 0 Å². The molecule has 2 heterocycles. The average molecular weight is 308 g/mol. The highest BCUT2D eigenvalue weighted by Crippen LogP contribution is 2.24. The molecule has 0 radical (unpaired) electrons. The molecule has 0 bridgehead atoms. The Morgan fingerprint density at radius 2 is 2.09 bits per heavy atom. The maximum absolute atomic E-state index is 12.3. The van der Waals surface area contributed by atoms with Crippen LogP contribution in [-0.4, -0.2) is 10.9 Å². The Balaban J connectivity index is 1.87. The third-order valence-electron chi connectivity index (χ3n) is 3.41. The van der Waals surface area contributed by atoms with Gasteiger partial charge in [-0.3, -0.25) is 9.78 Å². The standard InChI is InChI=1S/C18H16N2OS/c1-2-13(16-9-5-11-22-16)12-17(21)20-15-8-3-6-14-7-4-10-19-18(14)15/h3-12H,2H2,1H3,(H,20,21)/b13-12-. The lowest BCUT2D eigenvalue weighted by atomic mass is 10.1. The summed E-state index contributed by atoms with van der Waals surface area (Å²) in [6, 6.07) is 13.7. The van der Waals surface area contributed by atoms with Gasteiger partial charge in [0.25, 0.3) is 0 Å². The van der Waals surface area contributed by atoms with Crippen LogP contribution in [-0.2, 0) is 4.79 Å². The first-order valence-electron chi connectivity index (χ1n) is 7.17. The molecule has 110 valence electrons. The van der Waals surface area contributed by atoms with Crippen LogP contribution in [0.5, 0.6) is 0 Å². The summed E-state index contributed by atoms with van der Waals surface area (Å²) in [4.78, 5) is 17.8. The Bertz CT molecular complexity index is 817. The number of anilines is 1. The van der Waals surface area contributed by atoms with Crippen LogP contribution in [0.4, 0.5) is 5.69 Å². The van der Waals surface area contributed by atoms with Crippen LogP contribution in [0.15, 0.2) is 60.1 Å². The first-order valence-corrected chi connectivity index (χ1v) is 8.05. The summed E-state index contributed by atoms with van der Waals surface area (Å²) in [6.07, 6.45) is 4.23. The zero-order valence-corrected chi connectivity index (χ0v) is 13.1. The number of carbonyl (C=O) groups is 1. The van der Waals surface area contributed by atoms with Crippen molar-refractivity contribution in [2.24, 2.45) is 0 Å². The highest BCUT2D eigenvalue weighted by atomic mass is 32.1. The molecule has 2 aromatic heterocycles. The summed E-state index contributed by atoms with van der Waals surface area (Å²) in [7, 11) is 0. The summed E-state index contributed by atoms with van der Waals surface area (Å²) in [5.41, 5.74) is 2.59. The maximum atomic E-state index is 12.3. The Kier molecular flexibility index (Phi) is 4.30. The van der Waals surface area contributed by atoms with Gasteiger partial charge >= 0.3 is 0 Å². The number of aromatic nitrogens is 1.